The molecular formula is C48H39NO. The van der Waals surface area contributed by atoms with E-state index in [2.05, 4.69) is 144 Å². The summed E-state index contributed by atoms with van der Waals surface area (Å²) in [7, 11) is 0. The van der Waals surface area contributed by atoms with Gasteiger partial charge >= 0.3 is 0 Å². The van der Waals surface area contributed by atoms with Crippen LogP contribution in [0.5, 0.6) is 0 Å². The summed E-state index contributed by atoms with van der Waals surface area (Å²) in [4.78, 5) is 0. The number of allylic oxidation sites excluding steroid dienone is 21. The summed E-state index contributed by atoms with van der Waals surface area (Å²) in [6.07, 6.45) is 52.4. The van der Waals surface area contributed by atoms with Gasteiger partial charge in [0.1, 0.15) is 11.5 Å². The summed E-state index contributed by atoms with van der Waals surface area (Å²) in [6.45, 7) is 0. The summed E-state index contributed by atoms with van der Waals surface area (Å²) in [5, 5.41) is 4.09. The highest BCUT2D eigenvalue weighted by Crippen LogP contribution is 2.65. The van der Waals surface area contributed by atoms with Crippen molar-refractivity contribution in [2.24, 2.45) is 59.2 Å². The summed E-state index contributed by atoms with van der Waals surface area (Å²) in [5.41, 5.74) is 20.1. The van der Waals surface area contributed by atoms with Crippen LogP contribution in [0, 0.1) is 59.2 Å². The van der Waals surface area contributed by atoms with Crippen LogP contribution < -0.4 is 5.32 Å². The number of hydrogen-bond acceptors (Lipinski definition) is 2. The van der Waals surface area contributed by atoms with Crippen LogP contribution in [0.3, 0.4) is 0 Å². The van der Waals surface area contributed by atoms with Crippen LogP contribution in [0.2, 0.25) is 0 Å². The van der Waals surface area contributed by atoms with Crippen molar-refractivity contribution in [3.63, 3.8) is 0 Å². The third kappa shape index (κ3) is 3.76. The van der Waals surface area contributed by atoms with Gasteiger partial charge in [0.2, 0.25) is 0 Å². The number of hydrogen-bond donors (Lipinski definition) is 1. The normalized spacial score (nSPS) is 39.2. The lowest BCUT2D eigenvalue weighted by Gasteiger charge is -2.40. The Morgan fingerprint density at radius 1 is 0.780 bits per heavy atom. The van der Waals surface area contributed by atoms with E-state index in [9.17, 15) is 0 Å². The molecule has 50 heavy (non-hydrogen) atoms. The molecule has 242 valence electrons. The first-order valence-corrected chi connectivity index (χ1v) is 18.9. The van der Waals surface area contributed by atoms with E-state index in [1.54, 1.807) is 5.57 Å². The van der Waals surface area contributed by atoms with Gasteiger partial charge in [0.05, 0.1) is 6.04 Å². The molecule has 0 amide bonds. The zero-order valence-electron chi connectivity index (χ0n) is 28.0. The van der Waals surface area contributed by atoms with Crippen LogP contribution in [-0.4, -0.2) is 6.04 Å². The van der Waals surface area contributed by atoms with Gasteiger partial charge in [-0.1, -0.05) is 97.2 Å². The van der Waals surface area contributed by atoms with Crippen molar-refractivity contribution in [1.82, 2.24) is 5.32 Å². The van der Waals surface area contributed by atoms with Crippen molar-refractivity contribution in [1.29, 1.82) is 0 Å². The Balaban J connectivity index is 0.843. The SMILES string of the molecule is C1=CC2=C(C=1)C1C(C3C=Cc4oc5c(c4C3)C=CC(C3C=C(C4C=CC=CC4)C4=C(N3)C3C=CC=CC3C=C4)C5)C=CC3C4=C=CC=C4C2C31. The van der Waals surface area contributed by atoms with Gasteiger partial charge < -0.3 is 9.73 Å². The van der Waals surface area contributed by atoms with Crippen LogP contribution in [0.25, 0.3) is 12.2 Å². The Bertz CT molecular complexity index is 2310. The molecule has 1 aromatic rings. The number of nitrogens with one attached hydrogen (secondary N) is 1. The fourth-order valence-corrected chi connectivity index (χ4v) is 11.6. The zero-order valence-corrected chi connectivity index (χ0v) is 28.0. The molecule has 2 nitrogen and oxygen atoms in total. The van der Waals surface area contributed by atoms with Crippen molar-refractivity contribution in [3.05, 3.63) is 189 Å². The average molecular weight is 646 g/mol. The molecule has 2 heterocycles. The molecule has 0 saturated heterocycles. The second kappa shape index (κ2) is 10.3. The third-order valence-corrected chi connectivity index (χ3v) is 13.8. The minimum atomic E-state index is 0.224. The maximum absolute atomic E-state index is 6.75. The van der Waals surface area contributed by atoms with E-state index >= 15 is 0 Å². The molecule has 1 fully saturated rings. The summed E-state index contributed by atoms with van der Waals surface area (Å²) < 4.78 is 6.75. The Kier molecular flexibility index (Phi) is 5.71. The van der Waals surface area contributed by atoms with E-state index in [1.165, 1.54) is 44.7 Å². The van der Waals surface area contributed by atoms with Gasteiger partial charge in [-0.25, -0.2) is 0 Å². The maximum Gasteiger partial charge on any atom is 0.130 e. The van der Waals surface area contributed by atoms with Crippen molar-refractivity contribution in [2.75, 3.05) is 0 Å². The first-order chi connectivity index (χ1) is 24.8. The Morgan fingerprint density at radius 2 is 1.70 bits per heavy atom. The van der Waals surface area contributed by atoms with Crippen molar-refractivity contribution < 1.29 is 4.42 Å². The van der Waals surface area contributed by atoms with E-state index in [0.717, 1.165) is 30.8 Å². The molecule has 1 aliphatic heterocycles. The van der Waals surface area contributed by atoms with Crippen LogP contribution in [0.1, 0.15) is 29.1 Å². The lowest BCUT2D eigenvalue weighted by molar-refractivity contribution is 0.223. The molecule has 0 aromatic carbocycles. The molecule has 0 spiro atoms. The number of dihydropyridines is 1. The second-order valence-electron chi connectivity index (χ2n) is 16.0. The average Bonchev–Trinajstić information content (AvgIpc) is 4.00. The Labute approximate surface area is 294 Å². The van der Waals surface area contributed by atoms with Crippen LogP contribution >= 0.6 is 0 Å². The van der Waals surface area contributed by atoms with Gasteiger partial charge in [0.25, 0.3) is 0 Å². The Morgan fingerprint density at radius 3 is 2.66 bits per heavy atom. The highest BCUT2D eigenvalue weighted by atomic mass is 16.3. The summed E-state index contributed by atoms with van der Waals surface area (Å²) in [5.74, 6) is 6.85. The monoisotopic (exact) mass is 645 g/mol. The lowest BCUT2D eigenvalue weighted by atomic mass is 9.64. The van der Waals surface area contributed by atoms with E-state index in [-0.39, 0.29) is 6.04 Å². The van der Waals surface area contributed by atoms with Gasteiger partial charge in [0.15, 0.2) is 0 Å². The number of rotatable bonds is 3. The zero-order chi connectivity index (χ0) is 32.5. The number of fused-ring (bicyclic) bond motifs is 10. The first-order valence-electron chi connectivity index (χ1n) is 18.9. The fourth-order valence-electron chi connectivity index (χ4n) is 11.6. The minimum Gasteiger partial charge on any atom is -0.461 e. The highest BCUT2D eigenvalue weighted by molar-refractivity contribution is 5.68. The van der Waals surface area contributed by atoms with E-state index in [1.807, 2.05) is 0 Å². The topological polar surface area (TPSA) is 25.2 Å². The predicted molar refractivity (Wildman–Crippen MR) is 200 cm³/mol. The third-order valence-electron chi connectivity index (χ3n) is 13.8. The smallest absolute Gasteiger partial charge is 0.130 e. The van der Waals surface area contributed by atoms with Crippen molar-refractivity contribution >= 4 is 12.2 Å². The molecule has 11 atom stereocenters. The maximum atomic E-state index is 6.75. The Hall–Kier alpha value is -5.00. The standard InChI is InChI=1S/C48H39NO/c1-2-8-27(9-3-1)40-26-42(49-48-32-11-5-4-10-28(32)16-20-39(40)48)30-17-19-34-41-24-29(18-23-43(41)50-44(34)25-30)31-21-22-38-33-12-6-13-35(33)46-37-15-7-14-36(37)45(31)47(38)46/h1-6,8,10-11,13-23,26-32,38,42,45-47,49H,9,24-25H2. The minimum absolute atomic E-state index is 0.224. The summed E-state index contributed by atoms with van der Waals surface area (Å²) in [6, 6.07) is 0.224. The fraction of sp³-hybridized carbons (Fsp3) is 0.292. The lowest BCUT2D eigenvalue weighted by Crippen LogP contribution is -2.42. The molecular weight excluding hydrogens is 607 g/mol. The highest BCUT2D eigenvalue weighted by Gasteiger charge is 2.57. The second-order valence-corrected chi connectivity index (χ2v) is 16.0. The van der Waals surface area contributed by atoms with Gasteiger partial charge in [0, 0.05) is 64.3 Å². The molecule has 11 aliphatic rings. The van der Waals surface area contributed by atoms with Crippen LogP contribution in [-0.2, 0) is 12.8 Å². The molecule has 1 N–H and O–H groups in total. The summed E-state index contributed by atoms with van der Waals surface area (Å²) >= 11 is 0. The molecule has 0 radical (unpaired) electrons. The van der Waals surface area contributed by atoms with Crippen molar-refractivity contribution in [3.8, 4) is 0 Å². The van der Waals surface area contributed by atoms with E-state index in [4.69, 9.17) is 4.42 Å². The molecule has 1 saturated carbocycles. The molecule has 11 unspecified atom stereocenters. The quantitative estimate of drug-likeness (QED) is 0.262. The predicted octanol–water partition coefficient (Wildman–Crippen LogP) is 9.58. The molecule has 2 heteroatoms. The van der Waals surface area contributed by atoms with E-state index in [0.29, 0.717) is 59.2 Å². The largest absolute Gasteiger partial charge is 0.461 e. The molecule has 10 aliphatic carbocycles. The van der Waals surface area contributed by atoms with Gasteiger partial charge in [-0.05, 0) is 94.8 Å². The van der Waals surface area contributed by atoms with Crippen LogP contribution in [0.4, 0.5) is 0 Å². The van der Waals surface area contributed by atoms with Gasteiger partial charge in [-0.15, -0.1) is 11.5 Å². The van der Waals surface area contributed by atoms with Crippen molar-refractivity contribution in [2.45, 2.75) is 25.3 Å². The van der Waals surface area contributed by atoms with Gasteiger partial charge in [-0.2, -0.15) is 0 Å². The molecule has 0 bridgehead atoms. The first kappa shape index (κ1) is 27.8. The number of furan rings is 1. The van der Waals surface area contributed by atoms with E-state index < -0.39 is 0 Å². The van der Waals surface area contributed by atoms with Crippen LogP contribution in [0.15, 0.2) is 170 Å². The van der Waals surface area contributed by atoms with Gasteiger partial charge in [-0.3, -0.25) is 0 Å². The molecule has 12 rings (SSSR count). The molecule has 1 aromatic heterocycles.